The van der Waals surface area contributed by atoms with Gasteiger partial charge in [-0.25, -0.2) is 4.98 Å². The molecule has 0 saturated heterocycles. The molecule has 0 unspecified atom stereocenters. The average molecular weight is 372 g/mol. The first kappa shape index (κ1) is 18.0. The van der Waals surface area contributed by atoms with Crippen LogP contribution in [0.15, 0.2) is 36.4 Å². The number of aromatic nitrogens is 1. The predicted molar refractivity (Wildman–Crippen MR) is 103 cm³/mol. The molecule has 0 radical (unpaired) electrons. The Labute approximate surface area is 155 Å². The topological polar surface area (TPSA) is 69.7 Å². The van der Waals surface area contributed by atoms with Crippen molar-refractivity contribution in [3.8, 4) is 17.2 Å². The maximum Gasteiger partial charge on any atom is 0.257 e. The number of carbonyl (C=O) groups is 1. The first-order chi connectivity index (χ1) is 12.6. The van der Waals surface area contributed by atoms with Crippen molar-refractivity contribution in [3.05, 3.63) is 42.0 Å². The number of amides is 1. The number of hydrogen-bond donors (Lipinski definition) is 1. The van der Waals surface area contributed by atoms with E-state index in [4.69, 9.17) is 14.2 Å². The van der Waals surface area contributed by atoms with E-state index in [-0.39, 0.29) is 5.91 Å². The van der Waals surface area contributed by atoms with E-state index in [0.29, 0.717) is 28.8 Å². The van der Waals surface area contributed by atoms with Gasteiger partial charge in [0.15, 0.2) is 5.13 Å². The molecule has 3 rings (SSSR count). The van der Waals surface area contributed by atoms with Gasteiger partial charge in [-0.15, -0.1) is 0 Å². The van der Waals surface area contributed by atoms with Gasteiger partial charge in [-0.1, -0.05) is 18.3 Å². The third-order valence-electron chi connectivity index (χ3n) is 3.67. The van der Waals surface area contributed by atoms with Crippen LogP contribution in [0.4, 0.5) is 5.13 Å². The molecule has 136 valence electrons. The number of rotatable bonds is 7. The summed E-state index contributed by atoms with van der Waals surface area (Å²) in [6.07, 6.45) is 0.950. The van der Waals surface area contributed by atoms with Crippen LogP contribution in [0.2, 0.25) is 0 Å². The lowest BCUT2D eigenvalue weighted by atomic mass is 10.2. The molecule has 0 aliphatic carbocycles. The first-order valence-electron chi connectivity index (χ1n) is 8.20. The molecule has 1 heterocycles. The van der Waals surface area contributed by atoms with Crippen molar-refractivity contribution in [2.45, 2.75) is 13.3 Å². The second-order valence-electron chi connectivity index (χ2n) is 5.55. The number of hydrogen-bond acceptors (Lipinski definition) is 6. The highest BCUT2D eigenvalue weighted by molar-refractivity contribution is 7.22. The number of carbonyl (C=O) groups excluding carboxylic acids is 1. The van der Waals surface area contributed by atoms with Crippen LogP contribution in [0.5, 0.6) is 17.2 Å². The van der Waals surface area contributed by atoms with Crippen LogP contribution in [-0.4, -0.2) is 31.7 Å². The molecule has 3 aromatic rings. The molecule has 1 amide bonds. The lowest BCUT2D eigenvalue weighted by Crippen LogP contribution is -2.12. The van der Waals surface area contributed by atoms with E-state index in [1.807, 2.05) is 18.2 Å². The summed E-state index contributed by atoms with van der Waals surface area (Å²) in [5, 5.41) is 3.36. The number of benzene rings is 2. The van der Waals surface area contributed by atoms with Crippen molar-refractivity contribution in [1.29, 1.82) is 0 Å². The number of nitrogens with one attached hydrogen (secondary N) is 1. The van der Waals surface area contributed by atoms with Gasteiger partial charge in [0.25, 0.3) is 5.91 Å². The Balaban J connectivity index is 1.80. The fraction of sp³-hybridized carbons (Fsp3) is 0.263. The highest BCUT2D eigenvalue weighted by atomic mass is 32.1. The Bertz CT molecular complexity index is 901. The van der Waals surface area contributed by atoms with Crippen LogP contribution < -0.4 is 19.5 Å². The standard InChI is InChI=1S/C19H20N2O4S/c1-4-7-25-13-5-6-16-17(11-13)26-19(20-16)21-18(22)12-8-14(23-2)10-15(9-12)24-3/h5-6,8-11H,4,7H2,1-3H3,(H,20,21,22). The van der Waals surface area contributed by atoms with Crippen molar-refractivity contribution in [2.75, 3.05) is 26.1 Å². The van der Waals surface area contributed by atoms with Gasteiger partial charge in [-0.2, -0.15) is 0 Å². The molecule has 7 heteroatoms. The third kappa shape index (κ3) is 4.05. The van der Waals surface area contributed by atoms with Crippen LogP contribution >= 0.6 is 11.3 Å². The summed E-state index contributed by atoms with van der Waals surface area (Å²) in [5.41, 5.74) is 1.25. The molecular weight excluding hydrogens is 352 g/mol. The Morgan fingerprint density at radius 3 is 2.46 bits per heavy atom. The highest BCUT2D eigenvalue weighted by Gasteiger charge is 2.13. The van der Waals surface area contributed by atoms with Gasteiger partial charge in [-0.05, 0) is 36.8 Å². The van der Waals surface area contributed by atoms with Gasteiger partial charge in [0.1, 0.15) is 17.2 Å². The zero-order valence-electron chi connectivity index (χ0n) is 14.9. The molecule has 0 fully saturated rings. The zero-order chi connectivity index (χ0) is 18.5. The predicted octanol–water partition coefficient (Wildman–Crippen LogP) is 4.35. The van der Waals surface area contributed by atoms with Crippen molar-refractivity contribution in [2.24, 2.45) is 0 Å². The molecule has 2 aromatic carbocycles. The number of thiazole rings is 1. The summed E-state index contributed by atoms with van der Waals surface area (Å²) >= 11 is 1.40. The minimum atomic E-state index is -0.274. The molecule has 26 heavy (non-hydrogen) atoms. The molecule has 1 aromatic heterocycles. The van der Waals surface area contributed by atoms with E-state index >= 15 is 0 Å². The Morgan fingerprint density at radius 1 is 1.08 bits per heavy atom. The van der Waals surface area contributed by atoms with Crippen LogP contribution in [0.3, 0.4) is 0 Å². The number of nitrogens with zero attached hydrogens (tertiary/aromatic N) is 1. The van der Waals surface area contributed by atoms with Crippen LogP contribution in [0.25, 0.3) is 10.2 Å². The van der Waals surface area contributed by atoms with E-state index < -0.39 is 0 Å². The summed E-state index contributed by atoms with van der Waals surface area (Å²) in [7, 11) is 3.09. The van der Waals surface area contributed by atoms with E-state index in [1.54, 1.807) is 32.4 Å². The molecule has 0 atom stereocenters. The molecule has 0 saturated carbocycles. The maximum absolute atomic E-state index is 12.6. The summed E-state index contributed by atoms with van der Waals surface area (Å²) in [5.74, 6) is 1.63. The minimum Gasteiger partial charge on any atom is -0.497 e. The lowest BCUT2D eigenvalue weighted by Gasteiger charge is -2.07. The molecule has 0 bridgehead atoms. The van der Waals surface area contributed by atoms with Gasteiger partial charge in [-0.3, -0.25) is 10.1 Å². The smallest absolute Gasteiger partial charge is 0.257 e. The first-order valence-corrected chi connectivity index (χ1v) is 9.02. The average Bonchev–Trinajstić information content (AvgIpc) is 3.07. The minimum absolute atomic E-state index is 0.274. The Morgan fingerprint density at radius 2 is 1.81 bits per heavy atom. The third-order valence-corrected chi connectivity index (χ3v) is 4.60. The zero-order valence-corrected chi connectivity index (χ0v) is 15.7. The van der Waals surface area contributed by atoms with Crippen molar-refractivity contribution in [1.82, 2.24) is 4.98 Å². The molecule has 0 aliphatic rings. The summed E-state index contributed by atoms with van der Waals surface area (Å²) in [6, 6.07) is 10.7. The van der Waals surface area contributed by atoms with Crippen LogP contribution in [0.1, 0.15) is 23.7 Å². The number of methoxy groups -OCH3 is 2. The number of fused-ring (bicyclic) bond motifs is 1. The van der Waals surface area contributed by atoms with Gasteiger partial charge in [0.2, 0.25) is 0 Å². The summed E-state index contributed by atoms with van der Waals surface area (Å²) in [4.78, 5) is 17.0. The van der Waals surface area contributed by atoms with Gasteiger partial charge >= 0.3 is 0 Å². The van der Waals surface area contributed by atoms with Crippen LogP contribution in [0, 0.1) is 0 Å². The Hall–Kier alpha value is -2.80. The van der Waals surface area contributed by atoms with E-state index in [1.165, 1.54) is 11.3 Å². The highest BCUT2D eigenvalue weighted by Crippen LogP contribution is 2.30. The number of anilines is 1. The molecular formula is C19H20N2O4S. The van der Waals surface area contributed by atoms with Gasteiger partial charge in [0, 0.05) is 11.6 Å². The van der Waals surface area contributed by atoms with Gasteiger partial charge in [0.05, 0.1) is 31.0 Å². The largest absolute Gasteiger partial charge is 0.497 e. The molecule has 0 spiro atoms. The summed E-state index contributed by atoms with van der Waals surface area (Å²) in [6.45, 7) is 2.73. The van der Waals surface area contributed by atoms with E-state index in [9.17, 15) is 4.79 Å². The van der Waals surface area contributed by atoms with Crippen molar-refractivity contribution >= 4 is 32.6 Å². The molecule has 6 nitrogen and oxygen atoms in total. The Kier molecular flexibility index (Phi) is 5.58. The molecule has 0 aliphatic heterocycles. The molecule has 1 N–H and O–H groups in total. The summed E-state index contributed by atoms with van der Waals surface area (Å²) < 4.78 is 17.0. The van der Waals surface area contributed by atoms with Crippen molar-refractivity contribution in [3.63, 3.8) is 0 Å². The van der Waals surface area contributed by atoms with Crippen molar-refractivity contribution < 1.29 is 19.0 Å². The fourth-order valence-electron chi connectivity index (χ4n) is 2.38. The van der Waals surface area contributed by atoms with Gasteiger partial charge < -0.3 is 14.2 Å². The normalized spacial score (nSPS) is 10.6. The lowest BCUT2D eigenvalue weighted by molar-refractivity contribution is 0.102. The second kappa shape index (κ2) is 8.05. The quantitative estimate of drug-likeness (QED) is 0.667. The monoisotopic (exact) mass is 372 g/mol. The second-order valence-corrected chi connectivity index (χ2v) is 6.58. The van der Waals surface area contributed by atoms with Crippen LogP contribution in [-0.2, 0) is 0 Å². The van der Waals surface area contributed by atoms with E-state index in [0.717, 1.165) is 22.4 Å². The number of ether oxygens (including phenoxy) is 3. The van der Waals surface area contributed by atoms with E-state index in [2.05, 4.69) is 17.2 Å². The maximum atomic E-state index is 12.6. The SMILES string of the molecule is CCCOc1ccc2nc(NC(=O)c3cc(OC)cc(OC)c3)sc2c1. The fourth-order valence-corrected chi connectivity index (χ4v) is 3.27.